The van der Waals surface area contributed by atoms with E-state index in [0.717, 1.165) is 0 Å². The first-order chi connectivity index (χ1) is 6.99. The van der Waals surface area contributed by atoms with Crippen molar-refractivity contribution in [3.8, 4) is 0 Å². The Labute approximate surface area is 92.4 Å². The highest BCUT2D eigenvalue weighted by molar-refractivity contribution is 5.78. The number of aliphatic hydroxyl groups is 1. The fraction of sp³-hybridized carbons (Fsp3) is 0.909. The zero-order valence-corrected chi connectivity index (χ0v) is 10.2. The van der Waals surface area contributed by atoms with Gasteiger partial charge in [0, 0.05) is 19.0 Å². The first-order valence-electron chi connectivity index (χ1n) is 5.59. The molecule has 2 unspecified atom stereocenters. The predicted molar refractivity (Wildman–Crippen MR) is 61.6 cm³/mol. The number of hydrogen-bond donors (Lipinski definition) is 3. The average Bonchev–Trinajstić information content (AvgIpc) is 2.17. The van der Waals surface area contributed by atoms with E-state index in [9.17, 15) is 9.90 Å². The molecule has 0 bridgehead atoms. The summed E-state index contributed by atoms with van der Waals surface area (Å²) in [5, 5.41) is 15.3. The SMILES string of the molecule is CNCC(C)C(=O)NCCC(O)C(C)C. The molecule has 0 saturated carbocycles. The van der Waals surface area contributed by atoms with Crippen molar-refractivity contribution in [2.75, 3.05) is 20.1 Å². The number of amides is 1. The van der Waals surface area contributed by atoms with E-state index in [0.29, 0.717) is 19.5 Å². The molecule has 0 aliphatic rings. The summed E-state index contributed by atoms with van der Waals surface area (Å²) < 4.78 is 0. The summed E-state index contributed by atoms with van der Waals surface area (Å²) in [4.78, 5) is 11.5. The zero-order valence-electron chi connectivity index (χ0n) is 10.2. The van der Waals surface area contributed by atoms with E-state index in [2.05, 4.69) is 10.6 Å². The molecule has 4 heteroatoms. The minimum Gasteiger partial charge on any atom is -0.393 e. The third-order valence-corrected chi connectivity index (χ3v) is 2.47. The lowest BCUT2D eigenvalue weighted by Gasteiger charge is -2.16. The van der Waals surface area contributed by atoms with Gasteiger partial charge in [0.25, 0.3) is 0 Å². The summed E-state index contributed by atoms with van der Waals surface area (Å²) in [6.45, 7) is 7.04. The molecule has 3 N–H and O–H groups in total. The molecule has 2 atom stereocenters. The first kappa shape index (κ1) is 14.4. The van der Waals surface area contributed by atoms with Crippen molar-refractivity contribution in [2.24, 2.45) is 11.8 Å². The van der Waals surface area contributed by atoms with E-state index < -0.39 is 0 Å². The molecule has 0 aromatic rings. The standard InChI is InChI=1S/C11H24N2O2/c1-8(2)10(14)5-6-13-11(15)9(3)7-12-4/h8-10,12,14H,5-7H2,1-4H3,(H,13,15). The Kier molecular flexibility index (Phi) is 7.34. The maximum absolute atomic E-state index is 11.5. The van der Waals surface area contributed by atoms with Crippen molar-refractivity contribution in [1.29, 1.82) is 0 Å². The second kappa shape index (κ2) is 7.65. The van der Waals surface area contributed by atoms with Gasteiger partial charge in [-0.3, -0.25) is 4.79 Å². The van der Waals surface area contributed by atoms with Crippen LogP contribution in [0.2, 0.25) is 0 Å². The fourth-order valence-electron chi connectivity index (χ4n) is 1.25. The third kappa shape index (κ3) is 6.47. The van der Waals surface area contributed by atoms with Crippen LogP contribution < -0.4 is 10.6 Å². The molecule has 4 nitrogen and oxygen atoms in total. The lowest BCUT2D eigenvalue weighted by atomic mass is 10.0. The molecule has 1 amide bonds. The van der Waals surface area contributed by atoms with Crippen LogP contribution in [-0.4, -0.2) is 37.3 Å². The minimum atomic E-state index is -0.329. The van der Waals surface area contributed by atoms with Gasteiger partial charge in [-0.15, -0.1) is 0 Å². The third-order valence-electron chi connectivity index (χ3n) is 2.47. The van der Waals surface area contributed by atoms with Crippen molar-refractivity contribution in [1.82, 2.24) is 10.6 Å². The lowest BCUT2D eigenvalue weighted by Crippen LogP contribution is -2.36. The number of rotatable bonds is 7. The molecule has 0 heterocycles. The summed E-state index contributed by atoms with van der Waals surface area (Å²) in [7, 11) is 1.83. The van der Waals surface area contributed by atoms with Crippen LogP contribution in [0.4, 0.5) is 0 Å². The fourth-order valence-corrected chi connectivity index (χ4v) is 1.25. The Morgan fingerprint density at radius 3 is 2.40 bits per heavy atom. The molecular weight excluding hydrogens is 192 g/mol. The van der Waals surface area contributed by atoms with Crippen LogP contribution in [0.15, 0.2) is 0 Å². The molecule has 15 heavy (non-hydrogen) atoms. The second-order valence-electron chi connectivity index (χ2n) is 4.35. The van der Waals surface area contributed by atoms with Crippen molar-refractivity contribution < 1.29 is 9.90 Å². The summed E-state index contributed by atoms with van der Waals surface area (Å²) in [6.07, 6.45) is 0.292. The summed E-state index contributed by atoms with van der Waals surface area (Å²) >= 11 is 0. The van der Waals surface area contributed by atoms with Gasteiger partial charge in [-0.25, -0.2) is 0 Å². The number of aliphatic hydroxyl groups excluding tert-OH is 1. The van der Waals surface area contributed by atoms with Gasteiger partial charge in [0.2, 0.25) is 5.91 Å². The maximum Gasteiger partial charge on any atom is 0.224 e. The molecule has 0 aromatic heterocycles. The quantitative estimate of drug-likeness (QED) is 0.576. The van der Waals surface area contributed by atoms with E-state index in [4.69, 9.17) is 0 Å². The van der Waals surface area contributed by atoms with Crippen molar-refractivity contribution >= 4 is 5.91 Å². The van der Waals surface area contributed by atoms with Gasteiger partial charge >= 0.3 is 0 Å². The van der Waals surface area contributed by atoms with Crippen LogP contribution in [0.1, 0.15) is 27.2 Å². The largest absolute Gasteiger partial charge is 0.393 e. The second-order valence-corrected chi connectivity index (χ2v) is 4.35. The molecule has 0 spiro atoms. The molecule has 90 valence electrons. The average molecular weight is 216 g/mol. The molecule has 0 aliphatic heterocycles. The van der Waals surface area contributed by atoms with Crippen LogP contribution in [0, 0.1) is 11.8 Å². The van der Waals surface area contributed by atoms with Crippen LogP contribution in [-0.2, 0) is 4.79 Å². The summed E-state index contributed by atoms with van der Waals surface area (Å²) in [5.74, 6) is 0.267. The molecule has 0 fully saturated rings. The monoisotopic (exact) mass is 216 g/mol. The van der Waals surface area contributed by atoms with Gasteiger partial charge in [-0.2, -0.15) is 0 Å². The van der Waals surface area contributed by atoms with Gasteiger partial charge in [0.1, 0.15) is 0 Å². The topological polar surface area (TPSA) is 61.4 Å². The highest BCUT2D eigenvalue weighted by Crippen LogP contribution is 2.04. The van der Waals surface area contributed by atoms with Gasteiger partial charge in [-0.05, 0) is 19.4 Å². The summed E-state index contributed by atoms with van der Waals surface area (Å²) in [6, 6.07) is 0. The predicted octanol–water partition coefficient (Wildman–Crippen LogP) is 0.365. The van der Waals surface area contributed by atoms with E-state index in [1.165, 1.54) is 0 Å². The molecule has 0 aliphatic carbocycles. The first-order valence-corrected chi connectivity index (χ1v) is 5.59. The lowest BCUT2D eigenvalue weighted by molar-refractivity contribution is -0.124. The van der Waals surface area contributed by atoms with Crippen LogP contribution in [0.25, 0.3) is 0 Å². The molecule has 0 radical (unpaired) electrons. The number of carbonyl (C=O) groups excluding carboxylic acids is 1. The molecular formula is C11H24N2O2. The van der Waals surface area contributed by atoms with E-state index in [1.54, 1.807) is 0 Å². The Morgan fingerprint density at radius 2 is 1.93 bits per heavy atom. The van der Waals surface area contributed by atoms with Crippen molar-refractivity contribution in [3.05, 3.63) is 0 Å². The van der Waals surface area contributed by atoms with Gasteiger partial charge in [0.05, 0.1) is 6.10 Å². The molecule has 0 aromatic carbocycles. The van der Waals surface area contributed by atoms with Crippen LogP contribution >= 0.6 is 0 Å². The highest BCUT2D eigenvalue weighted by atomic mass is 16.3. The normalized spacial score (nSPS) is 15.1. The van der Waals surface area contributed by atoms with E-state index >= 15 is 0 Å². The van der Waals surface area contributed by atoms with E-state index in [1.807, 2.05) is 27.8 Å². The Bertz CT molecular complexity index is 183. The van der Waals surface area contributed by atoms with Gasteiger partial charge in [0.15, 0.2) is 0 Å². The maximum atomic E-state index is 11.5. The van der Waals surface area contributed by atoms with Crippen LogP contribution in [0.3, 0.4) is 0 Å². The zero-order chi connectivity index (χ0) is 11.8. The number of carbonyl (C=O) groups is 1. The van der Waals surface area contributed by atoms with Crippen molar-refractivity contribution in [3.63, 3.8) is 0 Å². The van der Waals surface area contributed by atoms with Gasteiger partial charge in [-0.1, -0.05) is 20.8 Å². The van der Waals surface area contributed by atoms with Crippen molar-refractivity contribution in [2.45, 2.75) is 33.3 Å². The molecule has 0 saturated heterocycles. The Hall–Kier alpha value is -0.610. The Balaban J connectivity index is 3.63. The van der Waals surface area contributed by atoms with Gasteiger partial charge < -0.3 is 15.7 Å². The summed E-state index contributed by atoms with van der Waals surface area (Å²) in [5.41, 5.74) is 0. The van der Waals surface area contributed by atoms with E-state index in [-0.39, 0.29) is 23.8 Å². The van der Waals surface area contributed by atoms with Crippen LogP contribution in [0.5, 0.6) is 0 Å². The Morgan fingerprint density at radius 1 is 1.33 bits per heavy atom. The highest BCUT2D eigenvalue weighted by Gasteiger charge is 2.13. The number of hydrogen-bond acceptors (Lipinski definition) is 3. The number of nitrogens with one attached hydrogen (secondary N) is 2. The smallest absolute Gasteiger partial charge is 0.224 e. The minimum absolute atomic E-state index is 0.0220. The molecule has 0 rings (SSSR count).